The Labute approximate surface area is 258 Å². The Kier molecular flexibility index (Phi) is 6.66. The van der Waals surface area contributed by atoms with E-state index >= 15 is 0 Å². The van der Waals surface area contributed by atoms with E-state index in [2.05, 4.69) is 78.9 Å². The summed E-state index contributed by atoms with van der Waals surface area (Å²) in [6.45, 7) is 5.98. The number of esters is 2. The van der Waals surface area contributed by atoms with E-state index in [0.717, 1.165) is 43.1 Å². The Morgan fingerprint density at radius 2 is 1.14 bits per heavy atom. The highest BCUT2D eigenvalue weighted by Crippen LogP contribution is 2.58. The van der Waals surface area contributed by atoms with Gasteiger partial charge < -0.3 is 9.47 Å². The molecule has 0 amide bonds. The number of fused-ring (bicyclic) bond motifs is 4. The van der Waals surface area contributed by atoms with E-state index in [0.29, 0.717) is 23.7 Å². The van der Waals surface area contributed by atoms with Crippen molar-refractivity contribution in [3.8, 4) is 0 Å². The van der Waals surface area contributed by atoms with E-state index in [1.807, 2.05) is 20.8 Å². The molecule has 224 valence electrons. The molecule has 0 aliphatic heterocycles. The molecule has 4 bridgehead atoms. The fraction of sp³-hybridized carbons (Fsp3) is 0.400. The molecule has 44 heavy (non-hydrogen) atoms. The van der Waals surface area contributed by atoms with Crippen molar-refractivity contribution >= 4 is 55.0 Å². The predicted molar refractivity (Wildman–Crippen MR) is 176 cm³/mol. The normalized spacial score (nSPS) is 27.2. The second-order valence-corrected chi connectivity index (χ2v) is 14.0. The molecular weight excluding hydrogens is 544 g/mol. The summed E-state index contributed by atoms with van der Waals surface area (Å²) in [5.41, 5.74) is 1.03. The van der Waals surface area contributed by atoms with Crippen molar-refractivity contribution in [3.63, 3.8) is 0 Å². The fourth-order valence-electron chi connectivity index (χ4n) is 8.86. The van der Waals surface area contributed by atoms with Gasteiger partial charge in [-0.05, 0) is 154 Å². The van der Waals surface area contributed by atoms with E-state index in [9.17, 15) is 9.59 Å². The molecule has 0 heterocycles. The lowest BCUT2D eigenvalue weighted by molar-refractivity contribution is -0.191. The molecule has 4 heteroatoms. The zero-order valence-electron chi connectivity index (χ0n) is 25.8. The highest BCUT2D eigenvalue weighted by molar-refractivity contribution is 6.08. The van der Waals surface area contributed by atoms with Crippen molar-refractivity contribution in [2.75, 3.05) is 0 Å². The standard InChI is InChI=1S/C40H40O4/c1-4-22(2)39(41)44-38-35-18-33-19-36(38)21-34(20-35)37(33)40(42)43-23(3)24-9-10-27-14-31-16-29-12-25-7-5-6-8-26(25)13-30(29)17-32(31)15-28(27)11-24/h5-17,22-23,33-38H,4,18-21H2,1-3H3. The van der Waals surface area contributed by atoms with Gasteiger partial charge in [0.2, 0.25) is 0 Å². The summed E-state index contributed by atoms with van der Waals surface area (Å²) >= 11 is 0. The lowest BCUT2D eigenvalue weighted by atomic mass is 9.50. The van der Waals surface area contributed by atoms with E-state index in [4.69, 9.17) is 9.47 Å². The van der Waals surface area contributed by atoms with Crippen LogP contribution in [0.15, 0.2) is 78.9 Å². The van der Waals surface area contributed by atoms with Gasteiger partial charge >= 0.3 is 11.9 Å². The second kappa shape index (κ2) is 10.6. The summed E-state index contributed by atoms with van der Waals surface area (Å²) < 4.78 is 12.3. The van der Waals surface area contributed by atoms with E-state index in [1.54, 1.807) is 0 Å². The van der Waals surface area contributed by atoms with Gasteiger partial charge in [0, 0.05) is 0 Å². The van der Waals surface area contributed by atoms with Crippen LogP contribution in [0.25, 0.3) is 43.1 Å². The molecule has 9 rings (SSSR count). The van der Waals surface area contributed by atoms with Crippen molar-refractivity contribution in [1.29, 1.82) is 0 Å². The molecule has 0 aromatic heterocycles. The third-order valence-corrected chi connectivity index (χ3v) is 11.3. The van der Waals surface area contributed by atoms with Gasteiger partial charge in [0.1, 0.15) is 12.2 Å². The molecule has 4 nitrogen and oxygen atoms in total. The first-order valence-corrected chi connectivity index (χ1v) is 16.6. The average Bonchev–Trinajstić information content (AvgIpc) is 3.02. The van der Waals surface area contributed by atoms with Crippen LogP contribution in [0.1, 0.15) is 64.5 Å². The van der Waals surface area contributed by atoms with E-state index < -0.39 is 0 Å². The Balaban J connectivity index is 0.995. The quantitative estimate of drug-likeness (QED) is 0.147. The van der Waals surface area contributed by atoms with Gasteiger partial charge in [0.15, 0.2) is 0 Å². The maximum Gasteiger partial charge on any atom is 0.310 e. The van der Waals surface area contributed by atoms with Crippen LogP contribution in [0.4, 0.5) is 0 Å². The number of rotatable bonds is 6. The van der Waals surface area contributed by atoms with Gasteiger partial charge in [0.05, 0.1) is 11.8 Å². The minimum absolute atomic E-state index is 0.0332. The molecule has 2 unspecified atom stereocenters. The lowest BCUT2D eigenvalue weighted by Crippen LogP contribution is -2.56. The molecule has 4 fully saturated rings. The summed E-state index contributed by atoms with van der Waals surface area (Å²) in [7, 11) is 0. The van der Waals surface area contributed by atoms with Gasteiger partial charge in [-0.3, -0.25) is 9.59 Å². The average molecular weight is 585 g/mol. The molecule has 0 radical (unpaired) electrons. The van der Waals surface area contributed by atoms with Crippen LogP contribution in [-0.4, -0.2) is 18.0 Å². The Morgan fingerprint density at radius 3 is 1.66 bits per heavy atom. The summed E-state index contributed by atoms with van der Waals surface area (Å²) in [4.78, 5) is 26.2. The van der Waals surface area contributed by atoms with Crippen LogP contribution < -0.4 is 0 Å². The summed E-state index contributed by atoms with van der Waals surface area (Å²) in [5, 5.41) is 9.78. The largest absolute Gasteiger partial charge is 0.462 e. The SMILES string of the molecule is CCC(C)C(=O)OC1C2CC3CC1CC(C2)C3C(=O)OC(C)c1ccc2cc3cc4cc5ccccc5cc4cc3cc2c1. The Morgan fingerprint density at radius 1 is 0.659 bits per heavy atom. The minimum atomic E-state index is -0.313. The summed E-state index contributed by atoms with van der Waals surface area (Å²) in [6.07, 6.45) is 4.39. The molecule has 5 aromatic carbocycles. The van der Waals surface area contributed by atoms with Crippen molar-refractivity contribution in [1.82, 2.24) is 0 Å². The zero-order chi connectivity index (χ0) is 30.1. The predicted octanol–water partition coefficient (Wildman–Crippen LogP) is 9.54. The first-order chi connectivity index (χ1) is 21.3. The highest BCUT2D eigenvalue weighted by Gasteiger charge is 2.57. The lowest BCUT2D eigenvalue weighted by Gasteiger charge is -2.56. The topological polar surface area (TPSA) is 52.6 Å². The van der Waals surface area contributed by atoms with E-state index in [1.165, 1.54) is 37.7 Å². The van der Waals surface area contributed by atoms with Crippen LogP contribution in [0.3, 0.4) is 0 Å². The highest BCUT2D eigenvalue weighted by atomic mass is 16.5. The molecule has 0 N–H and O–H groups in total. The molecule has 0 saturated heterocycles. The molecule has 4 aliphatic rings. The maximum absolute atomic E-state index is 13.7. The van der Waals surface area contributed by atoms with Gasteiger partial charge in [-0.15, -0.1) is 0 Å². The Hall–Kier alpha value is -3.92. The van der Waals surface area contributed by atoms with Crippen LogP contribution in [0.2, 0.25) is 0 Å². The Bertz CT molecular complexity index is 1910. The van der Waals surface area contributed by atoms with Crippen LogP contribution in [-0.2, 0) is 19.1 Å². The number of hydrogen-bond acceptors (Lipinski definition) is 4. The number of hydrogen-bond donors (Lipinski definition) is 0. The third kappa shape index (κ3) is 4.65. The van der Waals surface area contributed by atoms with Crippen molar-refractivity contribution in [2.45, 2.75) is 65.1 Å². The summed E-state index contributed by atoms with van der Waals surface area (Å²) in [6, 6.07) is 28.6. The summed E-state index contributed by atoms with van der Waals surface area (Å²) in [5.74, 6) is 1.26. The zero-order valence-corrected chi connectivity index (χ0v) is 25.8. The van der Waals surface area contributed by atoms with Gasteiger partial charge in [-0.2, -0.15) is 0 Å². The first kappa shape index (κ1) is 27.6. The van der Waals surface area contributed by atoms with E-state index in [-0.39, 0.29) is 36.0 Å². The van der Waals surface area contributed by atoms with Crippen molar-refractivity contribution in [2.24, 2.45) is 35.5 Å². The second-order valence-electron chi connectivity index (χ2n) is 14.0. The fourth-order valence-corrected chi connectivity index (χ4v) is 8.86. The molecule has 4 aliphatic carbocycles. The molecule has 5 aromatic rings. The van der Waals surface area contributed by atoms with Gasteiger partial charge in [0.25, 0.3) is 0 Å². The maximum atomic E-state index is 13.7. The van der Waals surface area contributed by atoms with Crippen LogP contribution in [0, 0.1) is 35.5 Å². The number of benzene rings is 5. The molecule has 4 saturated carbocycles. The third-order valence-electron chi connectivity index (χ3n) is 11.3. The van der Waals surface area contributed by atoms with Crippen LogP contribution in [0.5, 0.6) is 0 Å². The molecule has 0 spiro atoms. The minimum Gasteiger partial charge on any atom is -0.462 e. The van der Waals surface area contributed by atoms with Crippen molar-refractivity contribution < 1.29 is 19.1 Å². The number of carbonyl (C=O) groups is 2. The van der Waals surface area contributed by atoms with Gasteiger partial charge in [-0.25, -0.2) is 0 Å². The smallest absolute Gasteiger partial charge is 0.310 e. The molecule has 2 atom stereocenters. The number of carbonyl (C=O) groups excluding carboxylic acids is 2. The van der Waals surface area contributed by atoms with Crippen LogP contribution >= 0.6 is 0 Å². The number of ether oxygens (including phenoxy) is 2. The van der Waals surface area contributed by atoms with Gasteiger partial charge in [-0.1, -0.05) is 50.2 Å². The first-order valence-electron chi connectivity index (χ1n) is 16.6. The van der Waals surface area contributed by atoms with Crippen molar-refractivity contribution in [3.05, 3.63) is 84.4 Å². The monoisotopic (exact) mass is 584 g/mol. The molecular formula is C40H40O4.